The first-order valence-electron chi connectivity index (χ1n) is 7.51. The first kappa shape index (κ1) is 20.8. The van der Waals surface area contributed by atoms with E-state index in [0.717, 1.165) is 4.88 Å². The van der Waals surface area contributed by atoms with E-state index in [4.69, 9.17) is 16.3 Å². The Hall–Kier alpha value is -1.91. The Labute approximate surface area is 173 Å². The van der Waals surface area contributed by atoms with Gasteiger partial charge in [0.2, 0.25) is 0 Å². The van der Waals surface area contributed by atoms with Gasteiger partial charge < -0.3 is 10.1 Å². The third kappa shape index (κ3) is 4.92. The average Bonchev–Trinajstić information content (AvgIpc) is 3.02. The average molecular weight is 500 g/mol. The monoisotopic (exact) mass is 498 g/mol. The lowest BCUT2D eigenvalue weighted by molar-refractivity contribution is -0.138. The number of rotatable bonds is 5. The van der Waals surface area contributed by atoms with Gasteiger partial charge in [0.15, 0.2) is 27.6 Å². The summed E-state index contributed by atoms with van der Waals surface area (Å²) in [6.45, 7) is 0.301. The van der Waals surface area contributed by atoms with Crippen LogP contribution in [0.3, 0.4) is 0 Å². The summed E-state index contributed by atoms with van der Waals surface area (Å²) in [6, 6.07) is 4.94. The molecule has 0 fully saturated rings. The predicted octanol–water partition coefficient (Wildman–Crippen LogP) is 7.26. The van der Waals surface area contributed by atoms with Crippen molar-refractivity contribution >= 4 is 44.6 Å². The summed E-state index contributed by atoms with van der Waals surface area (Å²) in [6.07, 6.45) is -3.31. The number of ether oxygens (including phenoxy) is 1. The Morgan fingerprint density at radius 3 is 2.39 bits per heavy atom. The molecule has 1 N–H and O–H groups in total. The fourth-order valence-corrected chi connectivity index (χ4v) is 3.49. The van der Waals surface area contributed by atoms with Crippen LogP contribution in [-0.2, 0) is 12.7 Å². The Morgan fingerprint density at radius 1 is 1.14 bits per heavy atom. The normalized spacial score (nSPS) is 11.5. The van der Waals surface area contributed by atoms with Gasteiger partial charge in [0.25, 0.3) is 0 Å². The number of hydrogen-bond acceptors (Lipinski definition) is 4. The van der Waals surface area contributed by atoms with Crippen LogP contribution in [0, 0.1) is 11.6 Å². The minimum atomic E-state index is -4.87. The molecule has 0 unspecified atom stereocenters. The maximum absolute atomic E-state index is 14.1. The second-order valence-electron chi connectivity index (χ2n) is 5.44. The largest absolute Gasteiger partial charge is 0.449 e. The summed E-state index contributed by atoms with van der Waals surface area (Å²) in [5, 5.41) is 3.01. The maximum atomic E-state index is 14.1. The van der Waals surface area contributed by atoms with Crippen molar-refractivity contribution in [3.05, 3.63) is 67.5 Å². The van der Waals surface area contributed by atoms with Gasteiger partial charge in [-0.15, -0.1) is 11.3 Å². The highest BCUT2D eigenvalue weighted by molar-refractivity contribution is 9.10. The number of alkyl halides is 3. The first-order chi connectivity index (χ1) is 13.1. The lowest BCUT2D eigenvalue weighted by Crippen LogP contribution is -2.07. The Kier molecular flexibility index (Phi) is 6.11. The summed E-state index contributed by atoms with van der Waals surface area (Å²) in [5.41, 5.74) is -1.08. The predicted molar refractivity (Wildman–Crippen MR) is 100 cm³/mol. The number of nitrogens with one attached hydrogen (secondary N) is 1. The topological polar surface area (TPSA) is 34.1 Å². The number of benzene rings is 2. The third-order valence-corrected chi connectivity index (χ3v) is 5.07. The van der Waals surface area contributed by atoms with Crippen LogP contribution < -0.4 is 10.1 Å². The van der Waals surface area contributed by atoms with Crippen molar-refractivity contribution in [1.29, 1.82) is 0 Å². The quantitative estimate of drug-likeness (QED) is 0.375. The molecule has 1 aromatic heterocycles. The standard InChI is InChI=1S/C17H9BrClF5N2OS/c18-9-1-2-14(13(5-9)25-6-10-7-26-16(19)28-10)27-15-11(20)3-8(4-12(15)21)17(22,23)24/h1-5,7,25H,6H2. The van der Waals surface area contributed by atoms with Gasteiger partial charge in [-0.1, -0.05) is 27.5 Å². The van der Waals surface area contributed by atoms with Crippen molar-refractivity contribution in [2.45, 2.75) is 12.7 Å². The zero-order valence-corrected chi connectivity index (χ0v) is 16.7. The van der Waals surface area contributed by atoms with E-state index in [1.807, 2.05) is 0 Å². The van der Waals surface area contributed by atoms with E-state index in [0.29, 0.717) is 21.2 Å². The van der Waals surface area contributed by atoms with Crippen LogP contribution in [0.15, 0.2) is 41.0 Å². The van der Waals surface area contributed by atoms with E-state index >= 15 is 0 Å². The van der Waals surface area contributed by atoms with Crippen LogP contribution in [0.1, 0.15) is 10.4 Å². The van der Waals surface area contributed by atoms with E-state index in [1.54, 1.807) is 18.3 Å². The van der Waals surface area contributed by atoms with Crippen LogP contribution in [-0.4, -0.2) is 4.98 Å². The molecule has 11 heteroatoms. The SMILES string of the molecule is Fc1cc(C(F)(F)F)cc(F)c1Oc1ccc(Br)cc1NCc1cnc(Cl)s1. The highest BCUT2D eigenvalue weighted by atomic mass is 79.9. The summed E-state index contributed by atoms with van der Waals surface area (Å²) in [4.78, 5) is 4.69. The van der Waals surface area contributed by atoms with Gasteiger partial charge in [-0.3, -0.25) is 0 Å². The molecule has 0 bridgehead atoms. The molecule has 0 saturated carbocycles. The molecule has 0 atom stereocenters. The number of aromatic nitrogens is 1. The molecule has 3 rings (SSSR count). The van der Waals surface area contributed by atoms with Gasteiger partial charge in [0.1, 0.15) is 0 Å². The number of hydrogen-bond donors (Lipinski definition) is 1. The molecule has 0 aliphatic carbocycles. The van der Waals surface area contributed by atoms with Gasteiger partial charge in [0, 0.05) is 15.5 Å². The van der Waals surface area contributed by atoms with E-state index in [2.05, 4.69) is 26.2 Å². The van der Waals surface area contributed by atoms with Crippen molar-refractivity contribution in [3.63, 3.8) is 0 Å². The van der Waals surface area contributed by atoms with Gasteiger partial charge >= 0.3 is 6.18 Å². The van der Waals surface area contributed by atoms with Crippen LogP contribution in [0.4, 0.5) is 27.6 Å². The fraction of sp³-hybridized carbons (Fsp3) is 0.118. The summed E-state index contributed by atoms with van der Waals surface area (Å²) < 4.78 is 72.4. The van der Waals surface area contributed by atoms with Gasteiger partial charge in [-0.2, -0.15) is 13.2 Å². The molecular formula is C17H9BrClF5N2OS. The van der Waals surface area contributed by atoms with Gasteiger partial charge in [-0.05, 0) is 30.3 Å². The molecule has 28 heavy (non-hydrogen) atoms. The van der Waals surface area contributed by atoms with Crippen molar-refractivity contribution in [1.82, 2.24) is 4.98 Å². The Balaban J connectivity index is 1.88. The molecule has 0 saturated heterocycles. The molecule has 0 radical (unpaired) electrons. The summed E-state index contributed by atoms with van der Waals surface area (Å²) in [7, 11) is 0. The van der Waals surface area contributed by atoms with Crippen LogP contribution in [0.5, 0.6) is 11.5 Å². The number of nitrogens with zero attached hydrogens (tertiary/aromatic N) is 1. The van der Waals surface area contributed by atoms with Crippen LogP contribution in [0.2, 0.25) is 4.47 Å². The second kappa shape index (κ2) is 8.22. The van der Waals surface area contributed by atoms with Gasteiger partial charge in [0.05, 0.1) is 17.8 Å². The van der Waals surface area contributed by atoms with Crippen molar-refractivity contribution in [2.24, 2.45) is 0 Å². The van der Waals surface area contributed by atoms with Crippen molar-refractivity contribution in [3.8, 4) is 11.5 Å². The highest BCUT2D eigenvalue weighted by Crippen LogP contribution is 2.38. The fourth-order valence-electron chi connectivity index (χ4n) is 2.21. The van der Waals surface area contributed by atoms with Crippen LogP contribution >= 0.6 is 38.9 Å². The van der Waals surface area contributed by atoms with Gasteiger partial charge in [-0.25, -0.2) is 13.8 Å². The number of anilines is 1. The molecule has 0 amide bonds. The molecule has 0 aliphatic heterocycles. The second-order valence-corrected chi connectivity index (χ2v) is 8.06. The summed E-state index contributed by atoms with van der Waals surface area (Å²) in [5.74, 6) is -3.83. The summed E-state index contributed by atoms with van der Waals surface area (Å²) >= 11 is 10.3. The molecule has 3 nitrogen and oxygen atoms in total. The minimum Gasteiger partial charge on any atom is -0.449 e. The molecule has 0 spiro atoms. The van der Waals surface area contributed by atoms with E-state index in [1.165, 1.54) is 17.4 Å². The van der Waals surface area contributed by atoms with E-state index < -0.39 is 29.1 Å². The third-order valence-electron chi connectivity index (χ3n) is 3.46. The first-order valence-corrected chi connectivity index (χ1v) is 9.50. The Morgan fingerprint density at radius 2 is 1.82 bits per heavy atom. The zero-order chi connectivity index (χ0) is 20.5. The molecular weight excluding hydrogens is 491 g/mol. The maximum Gasteiger partial charge on any atom is 0.416 e. The van der Waals surface area contributed by atoms with E-state index in [9.17, 15) is 22.0 Å². The molecule has 3 aromatic rings. The van der Waals surface area contributed by atoms with E-state index in [-0.39, 0.29) is 17.9 Å². The number of thiazole rings is 1. The smallest absolute Gasteiger partial charge is 0.416 e. The van der Waals surface area contributed by atoms with Crippen molar-refractivity contribution in [2.75, 3.05) is 5.32 Å². The highest BCUT2D eigenvalue weighted by Gasteiger charge is 2.33. The minimum absolute atomic E-state index is 0.0244. The van der Waals surface area contributed by atoms with Crippen LogP contribution in [0.25, 0.3) is 0 Å². The van der Waals surface area contributed by atoms with Crippen molar-refractivity contribution < 1.29 is 26.7 Å². The zero-order valence-electron chi connectivity index (χ0n) is 13.6. The molecule has 0 aliphatic rings. The molecule has 148 valence electrons. The molecule has 2 aromatic carbocycles. The number of halogens is 7. The Bertz CT molecular complexity index is 988. The lowest BCUT2D eigenvalue weighted by Gasteiger charge is -2.15. The lowest BCUT2D eigenvalue weighted by atomic mass is 10.2. The molecule has 1 heterocycles.